The third kappa shape index (κ3) is 4.23. The lowest BCUT2D eigenvalue weighted by Crippen LogP contribution is -2.42. The second-order valence-electron chi connectivity index (χ2n) is 7.99. The Morgan fingerprint density at radius 2 is 1.91 bits per heavy atom. The Hall–Kier alpha value is -3.61. The third-order valence-electron chi connectivity index (χ3n) is 6.04. The average Bonchev–Trinajstić information content (AvgIpc) is 3.18. The Labute approximate surface area is 192 Å². The number of hydrogen-bond donors (Lipinski definition) is 1. The molecule has 0 saturated carbocycles. The number of nitrogens with zero attached hydrogens (tertiary/aromatic N) is 3. The number of benzene rings is 3. The van der Waals surface area contributed by atoms with Gasteiger partial charge in [0.25, 0.3) is 0 Å². The first kappa shape index (κ1) is 22.6. The van der Waals surface area contributed by atoms with Crippen LogP contribution in [0.5, 0.6) is 5.75 Å². The van der Waals surface area contributed by atoms with Crippen molar-refractivity contribution in [1.82, 2.24) is 9.21 Å². The number of likely N-dealkylation sites (tertiary alicyclic amines) is 1. The quantitative estimate of drug-likeness (QED) is 0.561. The molecule has 1 amide bonds. The highest BCUT2D eigenvalue weighted by Gasteiger charge is 2.40. The van der Waals surface area contributed by atoms with Gasteiger partial charge in [-0.05, 0) is 65.2 Å². The first-order valence-corrected chi connectivity index (χ1v) is 11.8. The van der Waals surface area contributed by atoms with Crippen LogP contribution in [0.3, 0.4) is 0 Å². The summed E-state index contributed by atoms with van der Waals surface area (Å²) in [5.74, 6) is 0.344. The first-order chi connectivity index (χ1) is 15.7. The Balaban J connectivity index is 1.56. The van der Waals surface area contributed by atoms with Crippen LogP contribution in [0.4, 0.5) is 5.69 Å². The molecule has 1 aliphatic rings. The van der Waals surface area contributed by atoms with Gasteiger partial charge in [-0.15, -0.1) is 0 Å². The topological polar surface area (TPSA) is 117 Å². The molecule has 9 heteroatoms. The van der Waals surface area contributed by atoms with Crippen molar-refractivity contribution in [1.29, 1.82) is 5.26 Å². The van der Waals surface area contributed by atoms with Crippen molar-refractivity contribution in [2.24, 2.45) is 0 Å². The van der Waals surface area contributed by atoms with Gasteiger partial charge in [-0.25, -0.2) is 8.42 Å². The molecule has 2 N–H and O–H groups in total. The summed E-state index contributed by atoms with van der Waals surface area (Å²) in [6.45, 7) is 0.620. The highest BCUT2D eigenvalue weighted by Crippen LogP contribution is 2.28. The van der Waals surface area contributed by atoms with Gasteiger partial charge in [0.15, 0.2) is 0 Å². The van der Waals surface area contributed by atoms with Crippen LogP contribution in [0.15, 0.2) is 59.5 Å². The number of hydrogen-bond acceptors (Lipinski definition) is 6. The van der Waals surface area contributed by atoms with Crippen LogP contribution in [-0.4, -0.2) is 50.3 Å². The number of amides is 1. The number of likely N-dealkylation sites (N-methyl/N-ethyl adjacent to an activating group) is 1. The number of anilines is 1. The molecule has 1 saturated heterocycles. The van der Waals surface area contributed by atoms with E-state index in [9.17, 15) is 13.2 Å². The summed E-state index contributed by atoms with van der Waals surface area (Å²) in [5, 5.41) is 10.7. The Morgan fingerprint density at radius 3 is 2.64 bits per heavy atom. The minimum Gasteiger partial charge on any atom is -0.497 e. The Morgan fingerprint density at radius 1 is 1.15 bits per heavy atom. The van der Waals surface area contributed by atoms with E-state index in [0.29, 0.717) is 35.5 Å². The summed E-state index contributed by atoms with van der Waals surface area (Å²) in [7, 11) is -0.919. The fourth-order valence-electron chi connectivity index (χ4n) is 4.06. The lowest BCUT2D eigenvalue weighted by Gasteiger charge is -2.24. The number of rotatable bonds is 6. The van der Waals surface area contributed by atoms with Crippen molar-refractivity contribution in [2.75, 3.05) is 26.4 Å². The summed E-state index contributed by atoms with van der Waals surface area (Å²) in [5.41, 5.74) is 7.61. The number of nitrogen functional groups attached to an aromatic ring is 1. The summed E-state index contributed by atoms with van der Waals surface area (Å²) >= 11 is 0. The van der Waals surface area contributed by atoms with Gasteiger partial charge < -0.3 is 15.4 Å². The lowest BCUT2D eigenvalue weighted by atomic mass is 10.1. The summed E-state index contributed by atoms with van der Waals surface area (Å²) in [6, 6.07) is 16.5. The second kappa shape index (κ2) is 8.73. The van der Waals surface area contributed by atoms with Crippen LogP contribution in [0.25, 0.3) is 10.8 Å². The Kier molecular flexibility index (Phi) is 5.97. The van der Waals surface area contributed by atoms with Crippen LogP contribution >= 0.6 is 0 Å². The van der Waals surface area contributed by atoms with Gasteiger partial charge in [-0.1, -0.05) is 12.1 Å². The largest absolute Gasteiger partial charge is 0.497 e. The molecule has 3 aromatic carbocycles. The fourth-order valence-corrected chi connectivity index (χ4v) is 5.44. The van der Waals surface area contributed by atoms with Crippen molar-refractivity contribution in [3.05, 3.63) is 65.7 Å². The monoisotopic (exact) mass is 464 g/mol. The van der Waals surface area contributed by atoms with E-state index in [1.165, 1.54) is 7.05 Å². The zero-order valence-electron chi connectivity index (χ0n) is 18.4. The number of ether oxygens (including phenoxy) is 1. The van der Waals surface area contributed by atoms with Gasteiger partial charge >= 0.3 is 0 Å². The van der Waals surface area contributed by atoms with Crippen molar-refractivity contribution in [2.45, 2.75) is 23.9 Å². The predicted molar refractivity (Wildman–Crippen MR) is 125 cm³/mol. The van der Waals surface area contributed by atoms with E-state index >= 15 is 0 Å². The van der Waals surface area contributed by atoms with Crippen LogP contribution < -0.4 is 10.5 Å². The number of nitrogens with two attached hydrogens (primary N) is 1. The van der Waals surface area contributed by atoms with Crippen molar-refractivity contribution in [3.8, 4) is 11.8 Å². The van der Waals surface area contributed by atoms with Gasteiger partial charge in [-0.3, -0.25) is 4.79 Å². The summed E-state index contributed by atoms with van der Waals surface area (Å²) in [4.78, 5) is 14.8. The molecule has 1 heterocycles. The molecule has 3 aromatic rings. The van der Waals surface area contributed by atoms with E-state index in [-0.39, 0.29) is 17.3 Å². The number of sulfonamides is 1. The molecule has 8 nitrogen and oxygen atoms in total. The average molecular weight is 465 g/mol. The van der Waals surface area contributed by atoms with E-state index in [0.717, 1.165) is 15.1 Å². The number of nitriles is 1. The fraction of sp³-hybridized carbons (Fsp3) is 0.250. The highest BCUT2D eigenvalue weighted by molar-refractivity contribution is 7.89. The molecule has 0 bridgehead atoms. The Bertz CT molecular complexity index is 1380. The molecule has 1 aliphatic heterocycles. The normalized spacial score (nSPS) is 16.4. The van der Waals surface area contributed by atoms with E-state index in [4.69, 9.17) is 15.7 Å². The number of methoxy groups -OCH3 is 1. The third-order valence-corrected chi connectivity index (χ3v) is 7.90. The zero-order chi connectivity index (χ0) is 23.8. The van der Waals surface area contributed by atoms with E-state index in [2.05, 4.69) is 6.07 Å². The van der Waals surface area contributed by atoms with E-state index in [1.54, 1.807) is 54.5 Å². The second-order valence-corrected chi connectivity index (χ2v) is 9.98. The minimum atomic E-state index is -3.90. The number of carbonyl (C=O) groups is 1. The maximum atomic E-state index is 13.3. The molecular weight excluding hydrogens is 440 g/mol. The van der Waals surface area contributed by atoms with Gasteiger partial charge in [0, 0.05) is 25.8 Å². The van der Waals surface area contributed by atoms with E-state index in [1.807, 2.05) is 12.1 Å². The van der Waals surface area contributed by atoms with Crippen LogP contribution in [-0.2, 0) is 21.4 Å². The van der Waals surface area contributed by atoms with Crippen LogP contribution in [0.1, 0.15) is 17.5 Å². The van der Waals surface area contributed by atoms with Crippen molar-refractivity contribution < 1.29 is 17.9 Å². The first-order valence-electron chi connectivity index (χ1n) is 10.4. The van der Waals surface area contributed by atoms with Gasteiger partial charge in [0.1, 0.15) is 11.8 Å². The molecule has 4 rings (SSSR count). The van der Waals surface area contributed by atoms with Crippen molar-refractivity contribution >= 4 is 32.4 Å². The molecule has 0 aliphatic carbocycles. The smallest absolute Gasteiger partial charge is 0.243 e. The molecular formula is C24H24N4O4S. The highest BCUT2D eigenvalue weighted by atomic mass is 32.2. The van der Waals surface area contributed by atoms with Crippen molar-refractivity contribution in [3.63, 3.8) is 0 Å². The minimum absolute atomic E-state index is 0.114. The summed E-state index contributed by atoms with van der Waals surface area (Å²) < 4.78 is 33.0. The predicted octanol–water partition coefficient (Wildman–Crippen LogP) is 2.72. The molecule has 33 heavy (non-hydrogen) atoms. The van der Waals surface area contributed by atoms with Gasteiger partial charge in [-0.2, -0.15) is 9.57 Å². The maximum absolute atomic E-state index is 13.3. The molecule has 1 atom stereocenters. The lowest BCUT2D eigenvalue weighted by molar-refractivity contribution is -0.131. The van der Waals surface area contributed by atoms with Crippen LogP contribution in [0, 0.1) is 11.3 Å². The van der Waals surface area contributed by atoms with Gasteiger partial charge in [0.05, 0.1) is 23.6 Å². The zero-order valence-corrected chi connectivity index (χ0v) is 19.2. The maximum Gasteiger partial charge on any atom is 0.243 e. The molecule has 1 fully saturated rings. The standard InChI is InChI=1S/C24H24N4O4S/c1-27(33(30,31)21-7-5-17-4-6-20(32-2)12-18(17)13-21)23-9-10-28(24(23)29)15-19-11-16(14-25)3-8-22(19)26/h3-8,11-13,23H,9-10,15,26H2,1-2H3. The SMILES string of the molecule is COc1ccc2ccc(S(=O)(=O)N(C)C3CCN(Cc4cc(C#N)ccc4N)C3=O)cc2c1. The molecule has 0 aromatic heterocycles. The number of fused-ring (bicyclic) bond motifs is 1. The number of carbonyl (C=O) groups excluding carboxylic acids is 1. The molecule has 0 spiro atoms. The summed E-state index contributed by atoms with van der Waals surface area (Å²) in [6.07, 6.45) is 0.369. The molecule has 170 valence electrons. The van der Waals surface area contributed by atoms with Gasteiger partial charge in [0.2, 0.25) is 15.9 Å². The molecule has 1 unspecified atom stereocenters. The molecule has 0 radical (unpaired) electrons. The van der Waals surface area contributed by atoms with Crippen LogP contribution in [0.2, 0.25) is 0 Å². The van der Waals surface area contributed by atoms with E-state index < -0.39 is 16.1 Å².